The van der Waals surface area contributed by atoms with E-state index in [0.29, 0.717) is 13.1 Å². The molecule has 1 heterocycles. The smallest absolute Gasteiger partial charge is 0.298 e. The number of hydrogen-bond acceptors (Lipinski definition) is 2. The Morgan fingerprint density at radius 2 is 2.30 bits per heavy atom. The molecule has 0 spiro atoms. The molecule has 54 valence electrons. The van der Waals surface area contributed by atoms with Gasteiger partial charge in [0.1, 0.15) is 0 Å². The highest BCUT2D eigenvalue weighted by atomic mass is 16.3. The Kier molecular flexibility index (Phi) is 1.93. The summed E-state index contributed by atoms with van der Waals surface area (Å²) in [6.45, 7) is 2.50. The quantitative estimate of drug-likeness (QED) is 0.447. The van der Waals surface area contributed by atoms with Crippen LogP contribution in [-0.2, 0) is 4.79 Å². The Bertz CT molecular complexity index is 195. The molecule has 3 heteroatoms. The fraction of sp³-hybridized carbons (Fsp3) is 0.571. The second-order valence-electron chi connectivity index (χ2n) is 2.24. The van der Waals surface area contributed by atoms with E-state index in [2.05, 4.69) is 11.8 Å². The van der Waals surface area contributed by atoms with Gasteiger partial charge >= 0.3 is 0 Å². The summed E-state index contributed by atoms with van der Waals surface area (Å²) in [6.07, 6.45) is -0.331. The molecular formula is C7H9NO2. The minimum atomic E-state index is -0.331. The highest BCUT2D eigenvalue weighted by molar-refractivity contribution is 5.94. The maximum Gasteiger partial charge on any atom is 0.298 e. The number of aliphatic hydroxyl groups is 1. The molecule has 0 radical (unpaired) electrons. The van der Waals surface area contributed by atoms with Gasteiger partial charge in [0.2, 0.25) is 0 Å². The van der Waals surface area contributed by atoms with Crippen molar-refractivity contribution in [2.45, 2.75) is 13.0 Å². The van der Waals surface area contributed by atoms with Crippen LogP contribution in [0.25, 0.3) is 0 Å². The van der Waals surface area contributed by atoms with E-state index in [1.807, 2.05) is 0 Å². The first-order chi connectivity index (χ1) is 4.74. The van der Waals surface area contributed by atoms with Crippen molar-refractivity contribution in [1.29, 1.82) is 0 Å². The van der Waals surface area contributed by atoms with Crippen molar-refractivity contribution in [2.75, 3.05) is 13.1 Å². The van der Waals surface area contributed by atoms with Crippen molar-refractivity contribution in [3.63, 3.8) is 0 Å². The number of likely N-dealkylation sites (tertiary alicyclic amines) is 1. The van der Waals surface area contributed by atoms with Crippen LogP contribution in [0.3, 0.4) is 0 Å². The van der Waals surface area contributed by atoms with Gasteiger partial charge < -0.3 is 10.0 Å². The Labute approximate surface area is 59.6 Å². The van der Waals surface area contributed by atoms with Crippen LogP contribution in [0.15, 0.2) is 0 Å². The molecule has 0 aromatic heterocycles. The Hall–Kier alpha value is -1.01. The lowest BCUT2D eigenvalue weighted by atomic mass is 10.2. The molecule has 3 nitrogen and oxygen atoms in total. The van der Waals surface area contributed by atoms with E-state index in [1.54, 1.807) is 6.92 Å². The highest BCUT2D eigenvalue weighted by Gasteiger charge is 2.27. The molecule has 1 fully saturated rings. The second kappa shape index (κ2) is 2.72. The summed E-state index contributed by atoms with van der Waals surface area (Å²) in [6, 6.07) is 0. The third-order valence-corrected chi connectivity index (χ3v) is 1.38. The third-order valence-electron chi connectivity index (χ3n) is 1.38. The topological polar surface area (TPSA) is 40.5 Å². The summed E-state index contributed by atoms with van der Waals surface area (Å²) in [4.78, 5) is 12.3. The van der Waals surface area contributed by atoms with E-state index in [0.717, 1.165) is 0 Å². The van der Waals surface area contributed by atoms with Crippen molar-refractivity contribution in [2.24, 2.45) is 0 Å². The van der Waals surface area contributed by atoms with E-state index < -0.39 is 0 Å². The molecule has 1 saturated heterocycles. The monoisotopic (exact) mass is 139 g/mol. The molecule has 0 bridgehead atoms. The molecule has 0 unspecified atom stereocenters. The summed E-state index contributed by atoms with van der Waals surface area (Å²) >= 11 is 0. The van der Waals surface area contributed by atoms with Crippen LogP contribution in [0.2, 0.25) is 0 Å². The van der Waals surface area contributed by atoms with Crippen LogP contribution < -0.4 is 0 Å². The average Bonchev–Trinajstić information content (AvgIpc) is 1.82. The number of rotatable bonds is 0. The van der Waals surface area contributed by atoms with Crippen molar-refractivity contribution in [3.8, 4) is 11.8 Å². The highest BCUT2D eigenvalue weighted by Crippen LogP contribution is 2.05. The third kappa shape index (κ3) is 1.28. The molecule has 0 aliphatic carbocycles. The summed E-state index contributed by atoms with van der Waals surface area (Å²) in [7, 11) is 0. The Balaban J connectivity index is 2.36. The Morgan fingerprint density at radius 3 is 2.70 bits per heavy atom. The fourth-order valence-electron chi connectivity index (χ4n) is 0.807. The first-order valence-electron chi connectivity index (χ1n) is 3.13. The molecule has 0 saturated carbocycles. The number of carbonyl (C=O) groups is 1. The Morgan fingerprint density at radius 1 is 1.70 bits per heavy atom. The molecule has 1 rings (SSSR count). The average molecular weight is 139 g/mol. The summed E-state index contributed by atoms with van der Waals surface area (Å²) in [5, 5.41) is 8.79. The molecular weight excluding hydrogens is 130 g/mol. The van der Waals surface area contributed by atoms with Gasteiger partial charge in [-0.05, 0) is 12.8 Å². The van der Waals surface area contributed by atoms with Gasteiger partial charge in [-0.15, -0.1) is 0 Å². The van der Waals surface area contributed by atoms with E-state index in [9.17, 15) is 4.79 Å². The lowest BCUT2D eigenvalue weighted by molar-refractivity contribution is -0.134. The second-order valence-corrected chi connectivity index (χ2v) is 2.24. The van der Waals surface area contributed by atoms with Gasteiger partial charge in [0.05, 0.1) is 6.10 Å². The molecule has 1 aliphatic rings. The number of β-amino-alcohol motifs (C(OH)–C–C–N with tert-alkyl or cyclic N) is 1. The zero-order valence-corrected chi connectivity index (χ0v) is 5.79. The molecule has 1 amide bonds. The molecule has 0 atom stereocenters. The van der Waals surface area contributed by atoms with Gasteiger partial charge in [-0.2, -0.15) is 0 Å². The van der Waals surface area contributed by atoms with Crippen LogP contribution in [0.5, 0.6) is 0 Å². The van der Waals surface area contributed by atoms with Crippen LogP contribution in [0.4, 0.5) is 0 Å². The van der Waals surface area contributed by atoms with Gasteiger partial charge in [0, 0.05) is 13.1 Å². The van der Waals surface area contributed by atoms with Crippen LogP contribution in [-0.4, -0.2) is 35.1 Å². The van der Waals surface area contributed by atoms with Crippen molar-refractivity contribution in [3.05, 3.63) is 0 Å². The van der Waals surface area contributed by atoms with Gasteiger partial charge in [-0.25, -0.2) is 0 Å². The maximum absolute atomic E-state index is 10.8. The van der Waals surface area contributed by atoms with E-state index in [-0.39, 0.29) is 12.0 Å². The zero-order valence-electron chi connectivity index (χ0n) is 5.79. The standard InChI is InChI=1S/C7H9NO2/c1-2-3-7(10)8-4-6(9)5-8/h6,9H,4-5H2,1H3. The molecule has 1 aliphatic heterocycles. The van der Waals surface area contributed by atoms with Crippen molar-refractivity contribution >= 4 is 5.91 Å². The van der Waals surface area contributed by atoms with Crippen molar-refractivity contribution in [1.82, 2.24) is 4.90 Å². The molecule has 0 aromatic carbocycles. The van der Waals surface area contributed by atoms with Gasteiger partial charge in [-0.3, -0.25) is 4.79 Å². The van der Waals surface area contributed by atoms with Crippen LogP contribution in [0.1, 0.15) is 6.92 Å². The van der Waals surface area contributed by atoms with Gasteiger partial charge in [0.15, 0.2) is 0 Å². The van der Waals surface area contributed by atoms with Crippen molar-refractivity contribution < 1.29 is 9.90 Å². The largest absolute Gasteiger partial charge is 0.389 e. The van der Waals surface area contributed by atoms with Gasteiger partial charge in [0.25, 0.3) is 5.91 Å². The number of nitrogens with zero attached hydrogens (tertiary/aromatic N) is 1. The van der Waals surface area contributed by atoms with Gasteiger partial charge in [-0.1, -0.05) is 5.92 Å². The normalized spacial score (nSPS) is 17.2. The minimum absolute atomic E-state index is 0.187. The lowest BCUT2D eigenvalue weighted by Crippen LogP contribution is -2.53. The number of hydrogen-bond donors (Lipinski definition) is 1. The first-order valence-corrected chi connectivity index (χ1v) is 3.13. The zero-order chi connectivity index (χ0) is 7.56. The summed E-state index contributed by atoms with van der Waals surface area (Å²) in [5.74, 6) is 4.72. The predicted molar refractivity (Wildman–Crippen MR) is 36.0 cm³/mol. The van der Waals surface area contributed by atoms with Crippen LogP contribution in [0, 0.1) is 11.8 Å². The summed E-state index contributed by atoms with van der Waals surface area (Å²) < 4.78 is 0. The molecule has 10 heavy (non-hydrogen) atoms. The maximum atomic E-state index is 10.8. The SMILES string of the molecule is CC#CC(=O)N1CC(O)C1. The molecule has 0 aromatic rings. The first kappa shape index (κ1) is 7.10. The predicted octanol–water partition coefficient (Wildman–Crippen LogP) is -0.787. The van der Waals surface area contributed by atoms with E-state index in [1.165, 1.54) is 4.90 Å². The number of aliphatic hydroxyl groups excluding tert-OH is 1. The lowest BCUT2D eigenvalue weighted by Gasteiger charge is -2.34. The number of amides is 1. The van der Waals surface area contributed by atoms with E-state index in [4.69, 9.17) is 5.11 Å². The summed E-state index contributed by atoms with van der Waals surface area (Å²) in [5.41, 5.74) is 0. The minimum Gasteiger partial charge on any atom is -0.389 e. The number of carbonyl (C=O) groups excluding carboxylic acids is 1. The van der Waals surface area contributed by atoms with Crippen LogP contribution >= 0.6 is 0 Å². The molecule has 1 N–H and O–H groups in total. The fourth-order valence-corrected chi connectivity index (χ4v) is 0.807. The van der Waals surface area contributed by atoms with E-state index >= 15 is 0 Å².